The Morgan fingerprint density at radius 1 is 1.08 bits per heavy atom. The summed E-state index contributed by atoms with van der Waals surface area (Å²) in [6.45, 7) is 13.8. The average molecular weight is 185 g/mol. The molecule has 0 amide bonds. The summed E-state index contributed by atoms with van der Waals surface area (Å²) < 4.78 is 0. The van der Waals surface area contributed by atoms with E-state index in [0.29, 0.717) is 0 Å². The highest BCUT2D eigenvalue weighted by atomic mass is 14.8. The molecule has 0 heterocycles. The summed E-state index contributed by atoms with van der Waals surface area (Å²) in [6.07, 6.45) is 2.72. The second kappa shape index (κ2) is 7.37. The maximum Gasteiger partial charge on any atom is -0.00463 e. The van der Waals surface area contributed by atoms with Gasteiger partial charge in [-0.15, -0.1) is 0 Å². The van der Waals surface area contributed by atoms with Gasteiger partial charge in [-0.1, -0.05) is 34.6 Å². The highest BCUT2D eigenvalue weighted by molar-refractivity contribution is 4.66. The van der Waals surface area contributed by atoms with Crippen LogP contribution in [0.15, 0.2) is 0 Å². The van der Waals surface area contributed by atoms with Crippen LogP contribution in [-0.4, -0.2) is 13.1 Å². The van der Waals surface area contributed by atoms with Crippen molar-refractivity contribution in [3.05, 3.63) is 0 Å². The number of nitrogens with one attached hydrogen (secondary N) is 1. The van der Waals surface area contributed by atoms with Crippen LogP contribution in [0.3, 0.4) is 0 Å². The molecule has 0 spiro atoms. The van der Waals surface area contributed by atoms with E-state index in [1.807, 2.05) is 0 Å². The molecule has 1 atom stereocenters. The lowest BCUT2D eigenvalue weighted by atomic mass is 9.85. The van der Waals surface area contributed by atoms with Gasteiger partial charge in [-0.25, -0.2) is 0 Å². The number of hydrogen-bond acceptors (Lipinski definition) is 1. The molecule has 1 N–H and O–H groups in total. The molecular weight excluding hydrogens is 158 g/mol. The summed E-state index contributed by atoms with van der Waals surface area (Å²) in [6, 6.07) is 0. The van der Waals surface area contributed by atoms with Crippen LogP contribution in [0.4, 0.5) is 0 Å². The number of hydrogen-bond donors (Lipinski definition) is 1. The van der Waals surface area contributed by atoms with Crippen LogP contribution in [0.5, 0.6) is 0 Å². The van der Waals surface area contributed by atoms with Crippen molar-refractivity contribution in [3.8, 4) is 0 Å². The predicted octanol–water partition coefficient (Wildman–Crippen LogP) is 3.30. The molecule has 0 saturated carbocycles. The van der Waals surface area contributed by atoms with Gasteiger partial charge in [0.1, 0.15) is 0 Å². The van der Waals surface area contributed by atoms with Gasteiger partial charge >= 0.3 is 0 Å². The highest BCUT2D eigenvalue weighted by Gasteiger charge is 2.13. The van der Waals surface area contributed by atoms with E-state index < -0.39 is 0 Å². The van der Waals surface area contributed by atoms with Crippen LogP contribution < -0.4 is 5.32 Å². The Bertz CT molecular complexity index is 108. The molecule has 13 heavy (non-hydrogen) atoms. The van der Waals surface area contributed by atoms with Crippen molar-refractivity contribution in [3.63, 3.8) is 0 Å². The van der Waals surface area contributed by atoms with Gasteiger partial charge in [0.05, 0.1) is 0 Å². The lowest BCUT2D eigenvalue weighted by Crippen LogP contribution is -2.21. The van der Waals surface area contributed by atoms with Gasteiger partial charge in [0.25, 0.3) is 0 Å². The summed E-state index contributed by atoms with van der Waals surface area (Å²) in [5.74, 6) is 2.58. The Morgan fingerprint density at radius 2 is 1.69 bits per heavy atom. The second-order valence-electron chi connectivity index (χ2n) is 4.78. The first-order valence-electron chi connectivity index (χ1n) is 5.78. The molecule has 0 fully saturated rings. The molecule has 0 aliphatic heterocycles. The zero-order valence-corrected chi connectivity index (χ0v) is 10.1. The summed E-state index contributed by atoms with van der Waals surface area (Å²) >= 11 is 0. The molecule has 0 aliphatic carbocycles. The third-order valence-corrected chi connectivity index (χ3v) is 2.66. The van der Waals surface area contributed by atoms with E-state index in [-0.39, 0.29) is 0 Å². The molecule has 0 bridgehead atoms. The van der Waals surface area contributed by atoms with Crippen LogP contribution >= 0.6 is 0 Å². The van der Waals surface area contributed by atoms with Crippen LogP contribution in [-0.2, 0) is 0 Å². The predicted molar refractivity (Wildman–Crippen MR) is 60.9 cm³/mol. The van der Waals surface area contributed by atoms with Gasteiger partial charge in [0, 0.05) is 0 Å². The van der Waals surface area contributed by atoms with Crippen molar-refractivity contribution in [2.75, 3.05) is 13.1 Å². The maximum absolute atomic E-state index is 3.41. The van der Waals surface area contributed by atoms with E-state index in [4.69, 9.17) is 0 Å². The standard InChI is InChI=1S/C12H27N/c1-6-13-8-7-12(11(4)5)9-10(2)3/h10-13H,6-9H2,1-5H3. The number of rotatable bonds is 7. The topological polar surface area (TPSA) is 12.0 Å². The van der Waals surface area contributed by atoms with E-state index in [1.54, 1.807) is 0 Å². The van der Waals surface area contributed by atoms with Gasteiger partial charge in [-0.2, -0.15) is 0 Å². The van der Waals surface area contributed by atoms with Crippen molar-refractivity contribution >= 4 is 0 Å². The average Bonchev–Trinajstić information content (AvgIpc) is 2.02. The van der Waals surface area contributed by atoms with Crippen molar-refractivity contribution in [1.29, 1.82) is 0 Å². The van der Waals surface area contributed by atoms with Crippen molar-refractivity contribution in [1.82, 2.24) is 5.32 Å². The third-order valence-electron chi connectivity index (χ3n) is 2.66. The highest BCUT2D eigenvalue weighted by Crippen LogP contribution is 2.22. The molecule has 0 aromatic carbocycles. The lowest BCUT2D eigenvalue weighted by molar-refractivity contribution is 0.295. The molecule has 1 unspecified atom stereocenters. The lowest BCUT2D eigenvalue weighted by Gasteiger charge is -2.22. The minimum Gasteiger partial charge on any atom is -0.317 e. The largest absolute Gasteiger partial charge is 0.317 e. The second-order valence-corrected chi connectivity index (χ2v) is 4.78. The SMILES string of the molecule is CCNCCC(CC(C)C)C(C)C. The normalized spacial score (nSPS) is 14.1. The Hall–Kier alpha value is -0.0400. The molecular formula is C12H27N. The molecule has 0 aromatic heterocycles. The molecule has 0 saturated heterocycles. The van der Waals surface area contributed by atoms with Gasteiger partial charge in [0.2, 0.25) is 0 Å². The van der Waals surface area contributed by atoms with E-state index in [2.05, 4.69) is 39.9 Å². The molecule has 80 valence electrons. The summed E-state index contributed by atoms with van der Waals surface area (Å²) in [7, 11) is 0. The fourth-order valence-electron chi connectivity index (χ4n) is 1.79. The summed E-state index contributed by atoms with van der Waals surface area (Å²) in [5.41, 5.74) is 0. The van der Waals surface area contributed by atoms with Gasteiger partial charge in [0.15, 0.2) is 0 Å². The first kappa shape index (κ1) is 13.0. The Kier molecular flexibility index (Phi) is 7.35. The molecule has 0 radical (unpaired) electrons. The van der Waals surface area contributed by atoms with Gasteiger partial charge < -0.3 is 5.32 Å². The van der Waals surface area contributed by atoms with E-state index in [1.165, 1.54) is 19.4 Å². The quantitative estimate of drug-likeness (QED) is 0.600. The smallest absolute Gasteiger partial charge is 0.00463 e. The zero-order chi connectivity index (χ0) is 10.3. The van der Waals surface area contributed by atoms with E-state index in [0.717, 1.165) is 24.3 Å². The maximum atomic E-state index is 3.41. The zero-order valence-electron chi connectivity index (χ0n) is 10.1. The third kappa shape index (κ3) is 7.06. The minimum absolute atomic E-state index is 0.834. The first-order chi connectivity index (χ1) is 6.07. The van der Waals surface area contributed by atoms with Crippen molar-refractivity contribution in [2.24, 2.45) is 17.8 Å². The van der Waals surface area contributed by atoms with Crippen LogP contribution in [0, 0.1) is 17.8 Å². The summed E-state index contributed by atoms with van der Waals surface area (Å²) in [4.78, 5) is 0. The Morgan fingerprint density at radius 3 is 2.08 bits per heavy atom. The van der Waals surface area contributed by atoms with E-state index in [9.17, 15) is 0 Å². The van der Waals surface area contributed by atoms with Gasteiger partial charge in [-0.05, 0) is 43.7 Å². The molecule has 0 aromatic rings. The minimum atomic E-state index is 0.834. The fraction of sp³-hybridized carbons (Fsp3) is 1.00. The van der Waals surface area contributed by atoms with Crippen LogP contribution in [0.25, 0.3) is 0 Å². The van der Waals surface area contributed by atoms with Gasteiger partial charge in [-0.3, -0.25) is 0 Å². The first-order valence-corrected chi connectivity index (χ1v) is 5.78. The molecule has 0 aliphatic rings. The Labute approximate surface area is 84.3 Å². The monoisotopic (exact) mass is 185 g/mol. The summed E-state index contributed by atoms with van der Waals surface area (Å²) in [5, 5.41) is 3.41. The van der Waals surface area contributed by atoms with Crippen LogP contribution in [0.1, 0.15) is 47.5 Å². The fourth-order valence-corrected chi connectivity index (χ4v) is 1.79. The van der Waals surface area contributed by atoms with Crippen molar-refractivity contribution < 1.29 is 0 Å². The van der Waals surface area contributed by atoms with Crippen molar-refractivity contribution in [2.45, 2.75) is 47.5 Å². The Balaban J connectivity index is 3.67. The van der Waals surface area contributed by atoms with Crippen LogP contribution in [0.2, 0.25) is 0 Å². The van der Waals surface area contributed by atoms with E-state index >= 15 is 0 Å². The molecule has 1 nitrogen and oxygen atoms in total. The molecule has 1 heteroatoms. The molecule has 0 rings (SSSR count).